The van der Waals surface area contributed by atoms with Crippen LogP contribution in [0.1, 0.15) is 53.4 Å². The molecule has 1 amide bonds. The number of likely N-dealkylation sites (tertiary alicyclic amines) is 1. The van der Waals surface area contributed by atoms with Gasteiger partial charge < -0.3 is 11.1 Å². The van der Waals surface area contributed by atoms with Crippen molar-refractivity contribution in [3.8, 4) is 0 Å². The minimum absolute atomic E-state index is 0.00449. The number of carbonyl (C=O) groups excluding carboxylic acids is 1. The van der Waals surface area contributed by atoms with E-state index in [-0.39, 0.29) is 11.8 Å². The molecule has 0 bridgehead atoms. The van der Waals surface area contributed by atoms with Gasteiger partial charge in [0.15, 0.2) is 0 Å². The number of hydrogen-bond donors (Lipinski definition) is 2. The predicted octanol–water partition coefficient (Wildman–Crippen LogP) is 1.99. The van der Waals surface area contributed by atoms with E-state index in [9.17, 15) is 4.79 Å². The summed E-state index contributed by atoms with van der Waals surface area (Å²) in [4.78, 5) is 14.6. The second-order valence-corrected chi connectivity index (χ2v) is 6.40. The molecule has 1 aliphatic heterocycles. The van der Waals surface area contributed by atoms with Gasteiger partial charge in [-0.2, -0.15) is 0 Å². The highest BCUT2D eigenvalue weighted by molar-refractivity contribution is 5.81. The van der Waals surface area contributed by atoms with Crippen molar-refractivity contribution in [3.05, 3.63) is 0 Å². The molecule has 0 aromatic rings. The van der Waals surface area contributed by atoms with E-state index in [1.807, 2.05) is 13.8 Å². The summed E-state index contributed by atoms with van der Waals surface area (Å²) in [7, 11) is 0. The van der Waals surface area contributed by atoms with Crippen LogP contribution in [0.2, 0.25) is 0 Å². The standard InChI is InChI=1S/C16H33N3O/c1-5-13(6-2)14(19-9-7-8-10-19)11-18-16(20)15(17)12(3)4/h12-15H,5-11,17H2,1-4H3,(H,18,20)/t14?,15-/m0/s1. The zero-order valence-electron chi connectivity index (χ0n) is 13.7. The van der Waals surface area contributed by atoms with E-state index in [4.69, 9.17) is 5.73 Å². The molecule has 0 radical (unpaired) electrons. The predicted molar refractivity (Wildman–Crippen MR) is 84.5 cm³/mol. The minimum atomic E-state index is -0.393. The van der Waals surface area contributed by atoms with Crippen LogP contribution in [0.5, 0.6) is 0 Å². The van der Waals surface area contributed by atoms with Gasteiger partial charge in [-0.1, -0.05) is 40.5 Å². The second-order valence-electron chi connectivity index (χ2n) is 6.40. The Kier molecular flexibility index (Phi) is 7.52. The third-order valence-corrected chi connectivity index (χ3v) is 4.71. The summed E-state index contributed by atoms with van der Waals surface area (Å²) in [5, 5.41) is 3.08. The molecule has 1 aliphatic rings. The second kappa shape index (κ2) is 8.63. The van der Waals surface area contributed by atoms with Crippen LogP contribution in [0, 0.1) is 11.8 Å². The Morgan fingerprint density at radius 1 is 1.20 bits per heavy atom. The average molecular weight is 283 g/mol. The molecule has 0 spiro atoms. The molecular weight excluding hydrogens is 250 g/mol. The number of carbonyl (C=O) groups is 1. The summed E-state index contributed by atoms with van der Waals surface area (Å²) in [5.74, 6) is 0.840. The number of rotatable bonds is 8. The van der Waals surface area contributed by atoms with E-state index in [1.54, 1.807) is 0 Å². The first kappa shape index (κ1) is 17.4. The molecule has 3 N–H and O–H groups in total. The Balaban J connectivity index is 2.58. The molecule has 4 heteroatoms. The van der Waals surface area contributed by atoms with Gasteiger partial charge in [-0.05, 0) is 37.8 Å². The van der Waals surface area contributed by atoms with E-state index in [0.717, 1.165) is 6.54 Å². The normalized spacial score (nSPS) is 19.6. The molecular formula is C16H33N3O. The van der Waals surface area contributed by atoms with Crippen molar-refractivity contribution in [1.29, 1.82) is 0 Å². The highest BCUT2D eigenvalue weighted by atomic mass is 16.2. The Morgan fingerprint density at radius 3 is 2.20 bits per heavy atom. The fourth-order valence-corrected chi connectivity index (χ4v) is 3.13. The summed E-state index contributed by atoms with van der Waals surface area (Å²) in [6.45, 7) is 11.6. The van der Waals surface area contributed by atoms with Gasteiger partial charge in [0.1, 0.15) is 0 Å². The highest BCUT2D eigenvalue weighted by Gasteiger charge is 2.28. The lowest BCUT2D eigenvalue weighted by Crippen LogP contribution is -2.51. The average Bonchev–Trinajstić information content (AvgIpc) is 2.95. The Bertz CT molecular complexity index is 281. The van der Waals surface area contributed by atoms with Gasteiger partial charge >= 0.3 is 0 Å². The lowest BCUT2D eigenvalue weighted by Gasteiger charge is -2.34. The van der Waals surface area contributed by atoms with Gasteiger partial charge in [-0.15, -0.1) is 0 Å². The van der Waals surface area contributed by atoms with Gasteiger partial charge in [0.2, 0.25) is 5.91 Å². The zero-order valence-corrected chi connectivity index (χ0v) is 13.7. The molecule has 118 valence electrons. The van der Waals surface area contributed by atoms with Crippen LogP contribution in [-0.4, -0.2) is 42.5 Å². The van der Waals surface area contributed by atoms with E-state index >= 15 is 0 Å². The van der Waals surface area contributed by atoms with Crippen LogP contribution in [-0.2, 0) is 4.79 Å². The minimum Gasteiger partial charge on any atom is -0.353 e. The monoisotopic (exact) mass is 283 g/mol. The maximum absolute atomic E-state index is 12.0. The molecule has 1 heterocycles. The number of amides is 1. The Morgan fingerprint density at radius 2 is 1.75 bits per heavy atom. The quantitative estimate of drug-likeness (QED) is 0.716. The molecule has 2 atom stereocenters. The van der Waals surface area contributed by atoms with Crippen LogP contribution < -0.4 is 11.1 Å². The van der Waals surface area contributed by atoms with Crippen LogP contribution in [0.25, 0.3) is 0 Å². The van der Waals surface area contributed by atoms with Crippen LogP contribution in [0.4, 0.5) is 0 Å². The lowest BCUT2D eigenvalue weighted by atomic mass is 9.92. The lowest BCUT2D eigenvalue weighted by molar-refractivity contribution is -0.123. The Hall–Kier alpha value is -0.610. The number of nitrogens with zero attached hydrogens (tertiary/aromatic N) is 1. The first-order chi connectivity index (χ1) is 9.51. The summed E-state index contributed by atoms with van der Waals surface area (Å²) < 4.78 is 0. The first-order valence-corrected chi connectivity index (χ1v) is 8.28. The van der Waals surface area contributed by atoms with Crippen LogP contribution in [0.3, 0.4) is 0 Å². The maximum atomic E-state index is 12.0. The van der Waals surface area contributed by atoms with Gasteiger partial charge in [0, 0.05) is 12.6 Å². The van der Waals surface area contributed by atoms with E-state index in [0.29, 0.717) is 12.0 Å². The molecule has 1 unspecified atom stereocenters. The summed E-state index contributed by atoms with van der Waals surface area (Å²) in [5.41, 5.74) is 5.92. The summed E-state index contributed by atoms with van der Waals surface area (Å²) in [6, 6.07) is 0.0757. The molecule has 20 heavy (non-hydrogen) atoms. The van der Waals surface area contributed by atoms with Crippen molar-refractivity contribution < 1.29 is 4.79 Å². The van der Waals surface area contributed by atoms with Gasteiger partial charge in [-0.3, -0.25) is 9.69 Å². The van der Waals surface area contributed by atoms with Crippen molar-refractivity contribution >= 4 is 5.91 Å². The van der Waals surface area contributed by atoms with Crippen molar-refractivity contribution in [2.75, 3.05) is 19.6 Å². The van der Waals surface area contributed by atoms with Gasteiger partial charge in [-0.25, -0.2) is 0 Å². The third-order valence-electron chi connectivity index (χ3n) is 4.71. The Labute approximate surface area is 124 Å². The third kappa shape index (κ3) is 4.74. The SMILES string of the molecule is CCC(CC)C(CNC(=O)[C@@H](N)C(C)C)N1CCCC1. The molecule has 0 aromatic heterocycles. The van der Waals surface area contributed by atoms with E-state index in [1.165, 1.54) is 38.8 Å². The van der Waals surface area contributed by atoms with Gasteiger partial charge in [0.05, 0.1) is 6.04 Å². The summed E-state index contributed by atoms with van der Waals surface area (Å²) in [6.07, 6.45) is 4.92. The maximum Gasteiger partial charge on any atom is 0.237 e. The molecule has 0 saturated carbocycles. The van der Waals surface area contributed by atoms with Crippen LogP contribution in [0.15, 0.2) is 0 Å². The molecule has 0 aromatic carbocycles. The van der Waals surface area contributed by atoms with Crippen molar-refractivity contribution in [1.82, 2.24) is 10.2 Å². The summed E-state index contributed by atoms with van der Waals surface area (Å²) >= 11 is 0. The van der Waals surface area contributed by atoms with Crippen molar-refractivity contribution in [2.45, 2.75) is 65.5 Å². The molecule has 0 aliphatic carbocycles. The molecule has 1 saturated heterocycles. The fraction of sp³-hybridized carbons (Fsp3) is 0.938. The molecule has 4 nitrogen and oxygen atoms in total. The topological polar surface area (TPSA) is 58.4 Å². The first-order valence-electron chi connectivity index (χ1n) is 8.28. The van der Waals surface area contributed by atoms with Crippen LogP contribution >= 0.6 is 0 Å². The van der Waals surface area contributed by atoms with Gasteiger partial charge in [0.25, 0.3) is 0 Å². The smallest absolute Gasteiger partial charge is 0.237 e. The molecule has 1 fully saturated rings. The number of nitrogens with one attached hydrogen (secondary N) is 1. The number of hydrogen-bond acceptors (Lipinski definition) is 3. The zero-order chi connectivity index (χ0) is 15.1. The van der Waals surface area contributed by atoms with E-state index in [2.05, 4.69) is 24.1 Å². The highest BCUT2D eigenvalue weighted by Crippen LogP contribution is 2.22. The fourth-order valence-electron chi connectivity index (χ4n) is 3.13. The largest absolute Gasteiger partial charge is 0.353 e. The van der Waals surface area contributed by atoms with E-state index < -0.39 is 6.04 Å². The van der Waals surface area contributed by atoms with Crippen molar-refractivity contribution in [3.63, 3.8) is 0 Å². The number of nitrogens with two attached hydrogens (primary N) is 1. The van der Waals surface area contributed by atoms with Crippen molar-refractivity contribution in [2.24, 2.45) is 17.6 Å². The molecule has 1 rings (SSSR count).